The SMILES string of the molecule is COCCCNC(=O)Cc1cccc(Br)c1. The first-order valence-corrected chi connectivity index (χ1v) is 6.02. The van der Waals surface area contributed by atoms with Crippen molar-refractivity contribution >= 4 is 21.8 Å². The van der Waals surface area contributed by atoms with Gasteiger partial charge in [-0.25, -0.2) is 0 Å². The Hall–Kier alpha value is -0.870. The van der Waals surface area contributed by atoms with Gasteiger partial charge in [-0.05, 0) is 24.1 Å². The lowest BCUT2D eigenvalue weighted by Gasteiger charge is -2.05. The van der Waals surface area contributed by atoms with Crippen LogP contribution in [0.2, 0.25) is 0 Å². The highest BCUT2D eigenvalue weighted by atomic mass is 79.9. The van der Waals surface area contributed by atoms with Crippen molar-refractivity contribution in [1.82, 2.24) is 5.32 Å². The smallest absolute Gasteiger partial charge is 0.224 e. The minimum absolute atomic E-state index is 0.0502. The van der Waals surface area contributed by atoms with E-state index in [-0.39, 0.29) is 5.91 Å². The van der Waals surface area contributed by atoms with Crippen molar-refractivity contribution in [2.75, 3.05) is 20.3 Å². The molecule has 0 aliphatic heterocycles. The normalized spacial score (nSPS) is 10.1. The molecule has 0 radical (unpaired) electrons. The van der Waals surface area contributed by atoms with Crippen LogP contribution in [0.5, 0.6) is 0 Å². The van der Waals surface area contributed by atoms with E-state index in [1.807, 2.05) is 24.3 Å². The Bertz CT molecular complexity index is 342. The lowest BCUT2D eigenvalue weighted by atomic mass is 10.1. The van der Waals surface area contributed by atoms with Crippen molar-refractivity contribution in [2.45, 2.75) is 12.8 Å². The maximum atomic E-state index is 11.5. The van der Waals surface area contributed by atoms with Gasteiger partial charge in [-0.15, -0.1) is 0 Å². The highest BCUT2D eigenvalue weighted by Crippen LogP contribution is 2.11. The molecule has 0 aromatic heterocycles. The highest BCUT2D eigenvalue weighted by molar-refractivity contribution is 9.10. The molecule has 0 saturated heterocycles. The van der Waals surface area contributed by atoms with Gasteiger partial charge in [-0.1, -0.05) is 28.1 Å². The van der Waals surface area contributed by atoms with Gasteiger partial charge in [0.1, 0.15) is 0 Å². The van der Waals surface area contributed by atoms with Gasteiger partial charge in [-0.2, -0.15) is 0 Å². The molecule has 0 aliphatic carbocycles. The van der Waals surface area contributed by atoms with Crippen LogP contribution in [0, 0.1) is 0 Å². The molecular weight excluding hydrogens is 270 g/mol. The zero-order chi connectivity index (χ0) is 11.8. The van der Waals surface area contributed by atoms with Crippen molar-refractivity contribution in [1.29, 1.82) is 0 Å². The van der Waals surface area contributed by atoms with E-state index in [0.717, 1.165) is 16.5 Å². The summed E-state index contributed by atoms with van der Waals surface area (Å²) in [7, 11) is 1.66. The third kappa shape index (κ3) is 5.28. The number of benzene rings is 1. The van der Waals surface area contributed by atoms with E-state index < -0.39 is 0 Å². The standard InChI is InChI=1S/C12H16BrNO2/c1-16-7-3-6-14-12(15)9-10-4-2-5-11(13)8-10/h2,4-5,8H,3,6-7,9H2,1H3,(H,14,15). The number of carbonyl (C=O) groups excluding carboxylic acids is 1. The molecule has 0 fully saturated rings. The minimum Gasteiger partial charge on any atom is -0.385 e. The van der Waals surface area contributed by atoms with Crippen molar-refractivity contribution in [3.05, 3.63) is 34.3 Å². The number of nitrogens with one attached hydrogen (secondary N) is 1. The van der Waals surface area contributed by atoms with Crippen LogP contribution < -0.4 is 5.32 Å². The number of ether oxygens (including phenoxy) is 1. The Labute approximate surface area is 104 Å². The van der Waals surface area contributed by atoms with Crippen LogP contribution in [0.4, 0.5) is 0 Å². The Balaban J connectivity index is 2.29. The van der Waals surface area contributed by atoms with Gasteiger partial charge in [0.25, 0.3) is 0 Å². The van der Waals surface area contributed by atoms with E-state index in [1.54, 1.807) is 7.11 Å². The molecule has 1 aromatic rings. The van der Waals surface area contributed by atoms with E-state index in [2.05, 4.69) is 21.2 Å². The second-order valence-corrected chi connectivity index (χ2v) is 4.42. The second-order valence-electron chi connectivity index (χ2n) is 3.50. The van der Waals surface area contributed by atoms with Crippen LogP contribution in [-0.4, -0.2) is 26.2 Å². The fourth-order valence-electron chi connectivity index (χ4n) is 1.34. The molecule has 0 heterocycles. The molecule has 1 N–H and O–H groups in total. The van der Waals surface area contributed by atoms with Crippen LogP contribution in [0.15, 0.2) is 28.7 Å². The monoisotopic (exact) mass is 285 g/mol. The summed E-state index contributed by atoms with van der Waals surface area (Å²) in [5.41, 5.74) is 1.01. The third-order valence-electron chi connectivity index (χ3n) is 2.10. The molecule has 1 amide bonds. The van der Waals surface area contributed by atoms with E-state index >= 15 is 0 Å². The number of methoxy groups -OCH3 is 1. The Morgan fingerprint density at radius 1 is 1.50 bits per heavy atom. The van der Waals surface area contributed by atoms with Gasteiger partial charge in [0.15, 0.2) is 0 Å². The fraction of sp³-hybridized carbons (Fsp3) is 0.417. The lowest BCUT2D eigenvalue weighted by molar-refractivity contribution is -0.120. The number of hydrogen-bond acceptors (Lipinski definition) is 2. The summed E-state index contributed by atoms with van der Waals surface area (Å²) in [6.07, 6.45) is 1.27. The van der Waals surface area contributed by atoms with E-state index in [9.17, 15) is 4.79 Å². The molecule has 0 bridgehead atoms. The first-order valence-electron chi connectivity index (χ1n) is 5.22. The number of carbonyl (C=O) groups is 1. The van der Waals surface area contributed by atoms with Crippen molar-refractivity contribution in [3.8, 4) is 0 Å². The van der Waals surface area contributed by atoms with Crippen LogP contribution >= 0.6 is 15.9 Å². The molecular formula is C12H16BrNO2. The Kier molecular flexibility index (Phi) is 6.11. The predicted octanol–water partition coefficient (Wildman–Crippen LogP) is 2.14. The van der Waals surface area contributed by atoms with Gasteiger partial charge in [0, 0.05) is 24.7 Å². The lowest BCUT2D eigenvalue weighted by Crippen LogP contribution is -2.26. The molecule has 0 unspecified atom stereocenters. The maximum Gasteiger partial charge on any atom is 0.224 e. The second kappa shape index (κ2) is 7.41. The summed E-state index contributed by atoms with van der Waals surface area (Å²) in [5.74, 6) is 0.0502. The number of rotatable bonds is 6. The van der Waals surface area contributed by atoms with Gasteiger partial charge < -0.3 is 10.1 Å². The molecule has 0 aliphatic rings. The molecule has 1 rings (SSSR count). The Morgan fingerprint density at radius 2 is 2.31 bits per heavy atom. The fourth-order valence-corrected chi connectivity index (χ4v) is 1.79. The third-order valence-corrected chi connectivity index (χ3v) is 2.59. The Morgan fingerprint density at radius 3 is 3.00 bits per heavy atom. The topological polar surface area (TPSA) is 38.3 Å². The number of amides is 1. The highest BCUT2D eigenvalue weighted by Gasteiger charge is 2.02. The van der Waals surface area contributed by atoms with Crippen LogP contribution in [0.3, 0.4) is 0 Å². The first-order chi connectivity index (χ1) is 7.72. The average Bonchev–Trinajstić information content (AvgIpc) is 2.24. The molecule has 0 saturated carbocycles. The largest absolute Gasteiger partial charge is 0.385 e. The van der Waals surface area contributed by atoms with Crippen LogP contribution in [-0.2, 0) is 16.0 Å². The van der Waals surface area contributed by atoms with Crippen LogP contribution in [0.25, 0.3) is 0 Å². The van der Waals surface area contributed by atoms with Gasteiger partial charge in [0.2, 0.25) is 5.91 Å². The molecule has 3 nitrogen and oxygen atoms in total. The average molecular weight is 286 g/mol. The summed E-state index contributed by atoms with van der Waals surface area (Å²) in [6, 6.07) is 7.77. The molecule has 88 valence electrons. The minimum atomic E-state index is 0.0502. The van der Waals surface area contributed by atoms with Gasteiger partial charge in [-0.3, -0.25) is 4.79 Å². The maximum absolute atomic E-state index is 11.5. The van der Waals surface area contributed by atoms with E-state index in [1.165, 1.54) is 0 Å². The molecule has 0 atom stereocenters. The number of halogens is 1. The van der Waals surface area contributed by atoms with Crippen molar-refractivity contribution in [3.63, 3.8) is 0 Å². The van der Waals surface area contributed by atoms with Gasteiger partial charge >= 0.3 is 0 Å². The zero-order valence-corrected chi connectivity index (χ0v) is 10.9. The molecule has 16 heavy (non-hydrogen) atoms. The van der Waals surface area contributed by atoms with Crippen molar-refractivity contribution < 1.29 is 9.53 Å². The number of hydrogen-bond donors (Lipinski definition) is 1. The summed E-state index contributed by atoms with van der Waals surface area (Å²) in [5, 5.41) is 2.85. The predicted molar refractivity (Wildman–Crippen MR) is 67.3 cm³/mol. The van der Waals surface area contributed by atoms with E-state index in [4.69, 9.17) is 4.74 Å². The molecule has 1 aromatic carbocycles. The molecule has 4 heteroatoms. The van der Waals surface area contributed by atoms with E-state index in [0.29, 0.717) is 19.6 Å². The summed E-state index contributed by atoms with van der Waals surface area (Å²) < 4.78 is 5.90. The quantitative estimate of drug-likeness (QED) is 0.814. The first kappa shape index (κ1) is 13.2. The van der Waals surface area contributed by atoms with Crippen LogP contribution in [0.1, 0.15) is 12.0 Å². The summed E-state index contributed by atoms with van der Waals surface area (Å²) >= 11 is 3.38. The summed E-state index contributed by atoms with van der Waals surface area (Å²) in [4.78, 5) is 11.5. The zero-order valence-electron chi connectivity index (χ0n) is 9.33. The molecule has 0 spiro atoms. The van der Waals surface area contributed by atoms with Crippen molar-refractivity contribution in [2.24, 2.45) is 0 Å². The summed E-state index contributed by atoms with van der Waals surface area (Å²) in [6.45, 7) is 1.35. The van der Waals surface area contributed by atoms with Gasteiger partial charge in [0.05, 0.1) is 6.42 Å².